The van der Waals surface area contributed by atoms with Crippen molar-refractivity contribution in [3.8, 4) is 5.75 Å². The Morgan fingerprint density at radius 1 is 1.18 bits per heavy atom. The molecule has 146 valence electrons. The average Bonchev–Trinajstić information content (AvgIpc) is 3.30. The molecule has 1 aromatic heterocycles. The van der Waals surface area contributed by atoms with Gasteiger partial charge in [0.25, 0.3) is 0 Å². The maximum absolute atomic E-state index is 6.16. The Morgan fingerprint density at radius 2 is 2.07 bits per heavy atom. The zero-order valence-corrected chi connectivity index (χ0v) is 16.5. The van der Waals surface area contributed by atoms with Gasteiger partial charge in [-0.2, -0.15) is 0 Å². The second-order valence-corrected chi connectivity index (χ2v) is 8.24. The number of piperidine rings is 1. The van der Waals surface area contributed by atoms with Crippen LogP contribution in [0.25, 0.3) is 0 Å². The molecular formula is C22H26N4O2. The molecule has 5 rings (SSSR count). The molecule has 28 heavy (non-hydrogen) atoms. The van der Waals surface area contributed by atoms with Gasteiger partial charge in [0.05, 0.1) is 24.1 Å². The second kappa shape index (κ2) is 6.85. The molecule has 0 radical (unpaired) electrons. The van der Waals surface area contributed by atoms with E-state index in [1.165, 1.54) is 5.56 Å². The van der Waals surface area contributed by atoms with E-state index in [1.807, 2.05) is 0 Å². The van der Waals surface area contributed by atoms with Crippen molar-refractivity contribution in [3.63, 3.8) is 0 Å². The first-order chi connectivity index (χ1) is 13.6. The number of hydrogen-bond acceptors (Lipinski definition) is 6. The fourth-order valence-electron chi connectivity index (χ4n) is 4.00. The molecule has 1 aromatic carbocycles. The van der Waals surface area contributed by atoms with Gasteiger partial charge in [0, 0.05) is 31.8 Å². The van der Waals surface area contributed by atoms with Gasteiger partial charge in [-0.3, -0.25) is 4.99 Å². The molecule has 0 spiro atoms. The SMILES string of the molecule is COC1CCCN(c2cc(C3=NCc4ccc(OC5(C)CC5)cc43)ncn2)C1. The molecule has 0 amide bonds. The minimum absolute atomic E-state index is 0.0123. The summed E-state index contributed by atoms with van der Waals surface area (Å²) in [5, 5.41) is 0. The highest BCUT2D eigenvalue weighted by molar-refractivity contribution is 6.14. The maximum Gasteiger partial charge on any atom is 0.132 e. The molecule has 2 fully saturated rings. The number of methoxy groups -OCH3 is 1. The summed E-state index contributed by atoms with van der Waals surface area (Å²) in [7, 11) is 1.78. The molecule has 2 aromatic rings. The zero-order valence-electron chi connectivity index (χ0n) is 16.5. The molecule has 3 heterocycles. The topological polar surface area (TPSA) is 59.8 Å². The highest BCUT2D eigenvalue weighted by Crippen LogP contribution is 2.40. The Labute approximate surface area is 165 Å². The van der Waals surface area contributed by atoms with Gasteiger partial charge in [-0.05, 0) is 50.3 Å². The molecule has 6 nitrogen and oxygen atoms in total. The summed E-state index contributed by atoms with van der Waals surface area (Å²) in [6.45, 7) is 4.72. The van der Waals surface area contributed by atoms with Gasteiger partial charge in [0.1, 0.15) is 23.5 Å². The molecular weight excluding hydrogens is 352 g/mol. The lowest BCUT2D eigenvalue weighted by Gasteiger charge is -2.32. The normalized spacial score (nSPS) is 22.6. The van der Waals surface area contributed by atoms with Gasteiger partial charge in [0.15, 0.2) is 0 Å². The van der Waals surface area contributed by atoms with Crippen LogP contribution in [0.5, 0.6) is 5.75 Å². The van der Waals surface area contributed by atoms with E-state index in [9.17, 15) is 0 Å². The van der Waals surface area contributed by atoms with Crippen LogP contribution < -0.4 is 9.64 Å². The van der Waals surface area contributed by atoms with E-state index in [-0.39, 0.29) is 11.7 Å². The minimum Gasteiger partial charge on any atom is -0.488 e. The maximum atomic E-state index is 6.16. The molecule has 1 atom stereocenters. The van der Waals surface area contributed by atoms with E-state index in [0.29, 0.717) is 6.54 Å². The van der Waals surface area contributed by atoms with Gasteiger partial charge in [-0.25, -0.2) is 9.97 Å². The van der Waals surface area contributed by atoms with Gasteiger partial charge in [0.2, 0.25) is 0 Å². The van der Waals surface area contributed by atoms with E-state index >= 15 is 0 Å². The molecule has 1 saturated heterocycles. The lowest BCUT2D eigenvalue weighted by molar-refractivity contribution is 0.0891. The van der Waals surface area contributed by atoms with Crippen LogP contribution >= 0.6 is 0 Å². The van der Waals surface area contributed by atoms with Crippen LogP contribution in [0.4, 0.5) is 5.82 Å². The Hall–Kier alpha value is -2.47. The molecule has 0 bridgehead atoms. The Balaban J connectivity index is 1.41. The monoisotopic (exact) mass is 378 g/mol. The van der Waals surface area contributed by atoms with Crippen LogP contribution in [-0.2, 0) is 11.3 Å². The van der Waals surface area contributed by atoms with Crippen molar-refractivity contribution >= 4 is 11.5 Å². The van der Waals surface area contributed by atoms with Crippen LogP contribution in [0.3, 0.4) is 0 Å². The first kappa shape index (κ1) is 17.6. The molecule has 1 saturated carbocycles. The van der Waals surface area contributed by atoms with E-state index in [1.54, 1.807) is 13.4 Å². The highest BCUT2D eigenvalue weighted by atomic mass is 16.5. The Bertz CT molecular complexity index is 923. The van der Waals surface area contributed by atoms with Crippen LogP contribution in [0, 0.1) is 0 Å². The quantitative estimate of drug-likeness (QED) is 0.798. The van der Waals surface area contributed by atoms with Crippen molar-refractivity contribution in [3.05, 3.63) is 47.4 Å². The Morgan fingerprint density at radius 3 is 2.89 bits per heavy atom. The van der Waals surface area contributed by atoms with Gasteiger partial charge in [-0.15, -0.1) is 0 Å². The summed E-state index contributed by atoms with van der Waals surface area (Å²) >= 11 is 0. The first-order valence-electron chi connectivity index (χ1n) is 10.1. The number of ether oxygens (including phenoxy) is 2. The third-order valence-electron chi connectivity index (χ3n) is 5.99. The number of anilines is 1. The second-order valence-electron chi connectivity index (χ2n) is 8.24. The number of hydrogen-bond donors (Lipinski definition) is 0. The number of benzene rings is 1. The highest BCUT2D eigenvalue weighted by Gasteiger charge is 2.40. The van der Waals surface area contributed by atoms with E-state index in [0.717, 1.165) is 67.3 Å². The summed E-state index contributed by atoms with van der Waals surface area (Å²) in [5.41, 5.74) is 4.17. The predicted octanol–water partition coefficient (Wildman–Crippen LogP) is 3.37. The number of aliphatic imine (C=N–C) groups is 1. The smallest absolute Gasteiger partial charge is 0.132 e. The van der Waals surface area contributed by atoms with E-state index in [2.05, 4.69) is 46.1 Å². The van der Waals surface area contributed by atoms with Crippen molar-refractivity contribution in [2.24, 2.45) is 4.99 Å². The molecule has 1 unspecified atom stereocenters. The van der Waals surface area contributed by atoms with Crippen LogP contribution in [-0.4, -0.2) is 47.6 Å². The van der Waals surface area contributed by atoms with Gasteiger partial charge >= 0.3 is 0 Å². The fourth-order valence-corrected chi connectivity index (χ4v) is 4.00. The van der Waals surface area contributed by atoms with Crippen LogP contribution in [0.15, 0.2) is 35.6 Å². The fraction of sp³-hybridized carbons (Fsp3) is 0.500. The molecule has 6 heteroatoms. The number of nitrogens with zero attached hydrogens (tertiary/aromatic N) is 4. The van der Waals surface area contributed by atoms with Crippen molar-refractivity contribution in [2.75, 3.05) is 25.1 Å². The number of aromatic nitrogens is 2. The lowest BCUT2D eigenvalue weighted by atomic mass is 10.0. The number of fused-ring (bicyclic) bond motifs is 1. The Kier molecular flexibility index (Phi) is 4.31. The van der Waals surface area contributed by atoms with Crippen molar-refractivity contribution in [2.45, 2.75) is 50.9 Å². The van der Waals surface area contributed by atoms with E-state index in [4.69, 9.17) is 14.5 Å². The number of rotatable bonds is 5. The third kappa shape index (κ3) is 3.37. The van der Waals surface area contributed by atoms with Crippen molar-refractivity contribution in [1.82, 2.24) is 9.97 Å². The molecule has 0 N–H and O–H groups in total. The van der Waals surface area contributed by atoms with Gasteiger partial charge < -0.3 is 14.4 Å². The largest absolute Gasteiger partial charge is 0.488 e. The first-order valence-corrected chi connectivity index (χ1v) is 10.1. The minimum atomic E-state index is 0.0123. The third-order valence-corrected chi connectivity index (χ3v) is 5.99. The molecule has 2 aliphatic heterocycles. The molecule has 3 aliphatic rings. The van der Waals surface area contributed by atoms with E-state index < -0.39 is 0 Å². The summed E-state index contributed by atoms with van der Waals surface area (Å²) in [6, 6.07) is 8.36. The predicted molar refractivity (Wildman–Crippen MR) is 108 cm³/mol. The standard InChI is InChI=1S/C22H26N4O2/c1-22(7-8-22)28-16-6-5-15-12-23-21(18(15)10-16)19-11-20(25-14-24-19)26-9-3-4-17(13-26)27-2/h5-6,10-11,14,17H,3-4,7-9,12-13H2,1-2H3. The van der Waals surface area contributed by atoms with Crippen LogP contribution in [0.2, 0.25) is 0 Å². The van der Waals surface area contributed by atoms with Gasteiger partial charge in [-0.1, -0.05) is 6.07 Å². The summed E-state index contributed by atoms with van der Waals surface area (Å²) in [5.74, 6) is 1.86. The summed E-state index contributed by atoms with van der Waals surface area (Å²) in [6.07, 6.45) is 6.37. The van der Waals surface area contributed by atoms with Crippen molar-refractivity contribution < 1.29 is 9.47 Å². The lowest BCUT2D eigenvalue weighted by Crippen LogP contribution is -2.39. The van der Waals surface area contributed by atoms with Crippen molar-refractivity contribution in [1.29, 1.82) is 0 Å². The molecule has 1 aliphatic carbocycles. The summed E-state index contributed by atoms with van der Waals surface area (Å²) < 4.78 is 11.7. The average molecular weight is 378 g/mol. The summed E-state index contributed by atoms with van der Waals surface area (Å²) in [4.78, 5) is 16.1. The zero-order chi connectivity index (χ0) is 19.1. The van der Waals surface area contributed by atoms with Crippen LogP contribution in [0.1, 0.15) is 49.4 Å².